The molecule has 1 rings (SSSR count). The molecule has 3 N–H and O–H groups in total. The largest absolute Gasteiger partial charge is 0.469 e. The molecule has 0 saturated heterocycles. The van der Waals surface area contributed by atoms with Gasteiger partial charge in [0, 0.05) is 6.42 Å². The fraction of sp³-hybridized carbons (Fsp3) is 0.667. The molecule has 194 valence electrons. The van der Waals surface area contributed by atoms with E-state index in [1.54, 1.807) is 0 Å². The number of allylic oxidation sites excluding steroid dienone is 2. The van der Waals surface area contributed by atoms with Crippen molar-refractivity contribution in [2.45, 2.75) is 109 Å². The molecule has 0 bridgehead atoms. The Morgan fingerprint density at radius 1 is 0.912 bits per heavy atom. The highest BCUT2D eigenvalue weighted by Gasteiger charge is 2.20. The van der Waals surface area contributed by atoms with E-state index in [1.165, 1.54) is 57.8 Å². The lowest BCUT2D eigenvalue weighted by Crippen LogP contribution is -2.39. The molecule has 1 atom stereocenters. The molecule has 0 aliphatic heterocycles. The molecule has 0 heterocycles. The van der Waals surface area contributed by atoms with Crippen molar-refractivity contribution in [3.8, 4) is 0 Å². The van der Waals surface area contributed by atoms with Crippen LogP contribution in [0.3, 0.4) is 0 Å². The minimum absolute atomic E-state index is 0.104. The number of hydrogen-bond acceptors (Lipinski definition) is 3. The van der Waals surface area contributed by atoms with E-state index in [0.717, 1.165) is 31.2 Å². The molecule has 0 unspecified atom stereocenters. The lowest BCUT2D eigenvalue weighted by atomic mass is 10.1. The van der Waals surface area contributed by atoms with Crippen molar-refractivity contribution in [3.05, 3.63) is 48.0 Å². The van der Waals surface area contributed by atoms with Crippen molar-refractivity contribution in [1.29, 1.82) is 0 Å². The van der Waals surface area contributed by atoms with Gasteiger partial charge in [-0.1, -0.05) is 101 Å². The number of hydrogen-bond donors (Lipinski definition) is 3. The molecule has 0 saturated carbocycles. The quantitative estimate of drug-likeness (QED) is 0.0983. The SMILES string of the molecule is CCCCCCCCC=CCCCCCCCC(=O)N[C@@H](COP(=O)(O)O)Cc1ccccc1. The fourth-order valence-corrected chi connectivity index (χ4v) is 4.27. The average Bonchev–Trinajstić information content (AvgIpc) is 2.80. The summed E-state index contributed by atoms with van der Waals surface area (Å²) in [5, 5.41) is 2.87. The first kappa shape index (κ1) is 30.6. The summed E-state index contributed by atoms with van der Waals surface area (Å²) in [5.41, 5.74) is 0.975. The van der Waals surface area contributed by atoms with Crippen LogP contribution >= 0.6 is 7.82 Å². The maximum atomic E-state index is 12.3. The number of phosphoric acid groups is 1. The highest BCUT2D eigenvalue weighted by molar-refractivity contribution is 7.46. The summed E-state index contributed by atoms with van der Waals surface area (Å²) in [7, 11) is -4.58. The van der Waals surface area contributed by atoms with Crippen molar-refractivity contribution >= 4 is 13.7 Å². The number of phosphoric ester groups is 1. The molecule has 0 aliphatic carbocycles. The summed E-state index contributed by atoms with van der Waals surface area (Å²) in [6, 6.07) is 9.04. The lowest BCUT2D eigenvalue weighted by molar-refractivity contribution is -0.122. The van der Waals surface area contributed by atoms with Crippen molar-refractivity contribution in [2.24, 2.45) is 0 Å². The number of amides is 1. The molecule has 6 nitrogen and oxygen atoms in total. The third-order valence-electron chi connectivity index (χ3n) is 5.80. The van der Waals surface area contributed by atoms with Crippen LogP contribution in [0.1, 0.15) is 102 Å². The van der Waals surface area contributed by atoms with Gasteiger partial charge < -0.3 is 15.1 Å². The topological polar surface area (TPSA) is 95.9 Å². The van der Waals surface area contributed by atoms with Crippen LogP contribution in [0.15, 0.2) is 42.5 Å². The Morgan fingerprint density at radius 3 is 2.06 bits per heavy atom. The normalized spacial score (nSPS) is 12.8. The van der Waals surface area contributed by atoms with E-state index in [1.807, 2.05) is 30.3 Å². The zero-order valence-corrected chi connectivity index (χ0v) is 21.9. The number of unbranched alkanes of at least 4 members (excludes halogenated alkanes) is 11. The Bertz CT molecular complexity index is 704. The molecule has 34 heavy (non-hydrogen) atoms. The van der Waals surface area contributed by atoms with Gasteiger partial charge in [0.05, 0.1) is 12.6 Å². The maximum absolute atomic E-state index is 12.3. The molecule has 0 fully saturated rings. The van der Waals surface area contributed by atoms with Gasteiger partial charge >= 0.3 is 7.82 Å². The first-order valence-electron chi connectivity index (χ1n) is 13.1. The van der Waals surface area contributed by atoms with Crippen molar-refractivity contribution in [3.63, 3.8) is 0 Å². The number of carbonyl (C=O) groups excluding carboxylic acids is 1. The smallest absolute Gasteiger partial charge is 0.351 e. The second kappa shape index (κ2) is 19.8. The molecule has 0 aromatic heterocycles. The van der Waals surface area contributed by atoms with Crippen molar-refractivity contribution < 1.29 is 23.7 Å². The Labute approximate surface area is 206 Å². The van der Waals surface area contributed by atoms with Crippen LogP contribution in [0.5, 0.6) is 0 Å². The molecule has 1 amide bonds. The van der Waals surface area contributed by atoms with Crippen LogP contribution < -0.4 is 5.32 Å². The summed E-state index contributed by atoms with van der Waals surface area (Å²) in [6.07, 6.45) is 21.2. The monoisotopic (exact) mass is 495 g/mol. The van der Waals surface area contributed by atoms with Crippen LogP contribution in [-0.2, 0) is 20.3 Å². The van der Waals surface area contributed by atoms with E-state index in [2.05, 4.69) is 28.9 Å². The van der Waals surface area contributed by atoms with Crippen LogP contribution in [0.2, 0.25) is 0 Å². The van der Waals surface area contributed by atoms with E-state index in [4.69, 9.17) is 9.79 Å². The van der Waals surface area contributed by atoms with E-state index >= 15 is 0 Å². The molecule has 1 aromatic carbocycles. The van der Waals surface area contributed by atoms with Gasteiger partial charge in [-0.15, -0.1) is 0 Å². The molecule has 7 heteroatoms. The highest BCUT2D eigenvalue weighted by Crippen LogP contribution is 2.35. The Morgan fingerprint density at radius 2 is 1.47 bits per heavy atom. The van der Waals surface area contributed by atoms with Gasteiger partial charge in [-0.2, -0.15) is 0 Å². The van der Waals surface area contributed by atoms with Gasteiger partial charge in [0.2, 0.25) is 5.91 Å². The zero-order chi connectivity index (χ0) is 24.9. The third kappa shape index (κ3) is 18.9. The Balaban J connectivity index is 2.11. The number of carbonyl (C=O) groups is 1. The summed E-state index contributed by atoms with van der Waals surface area (Å²) >= 11 is 0. The second-order valence-corrected chi connectivity index (χ2v) is 10.3. The number of benzene rings is 1. The molecular weight excluding hydrogens is 449 g/mol. The van der Waals surface area contributed by atoms with E-state index in [0.29, 0.717) is 12.8 Å². The second-order valence-electron chi connectivity index (χ2n) is 9.07. The summed E-state index contributed by atoms with van der Waals surface area (Å²) in [5.74, 6) is -0.104. The van der Waals surface area contributed by atoms with Gasteiger partial charge in [0.25, 0.3) is 0 Å². The first-order valence-corrected chi connectivity index (χ1v) is 14.6. The van der Waals surface area contributed by atoms with Crippen LogP contribution in [0, 0.1) is 0 Å². The van der Waals surface area contributed by atoms with Crippen molar-refractivity contribution in [1.82, 2.24) is 5.32 Å². The Kier molecular flexibility index (Phi) is 17.8. The third-order valence-corrected chi connectivity index (χ3v) is 6.28. The van der Waals surface area contributed by atoms with Gasteiger partial charge in [-0.25, -0.2) is 4.57 Å². The molecule has 0 radical (unpaired) electrons. The number of nitrogens with one attached hydrogen (secondary N) is 1. The van der Waals surface area contributed by atoms with Gasteiger partial charge in [-0.3, -0.25) is 9.32 Å². The van der Waals surface area contributed by atoms with E-state index in [9.17, 15) is 9.36 Å². The van der Waals surface area contributed by atoms with Crippen molar-refractivity contribution in [2.75, 3.05) is 6.61 Å². The molecule has 0 spiro atoms. The fourth-order valence-electron chi connectivity index (χ4n) is 3.89. The maximum Gasteiger partial charge on any atom is 0.469 e. The molecular formula is C27H46NO5P. The standard InChI is InChI=1S/C27H46NO5P/c1-2-3-4-5-6-7-8-9-10-11-12-13-14-15-19-22-27(29)28-26(24-33-34(30,31)32)23-25-20-17-16-18-21-25/h9-10,16-18,20-21,26H,2-8,11-15,19,22-24H2,1H3,(H,28,29)(H2,30,31,32)/t26-/m1/s1. The molecule has 1 aromatic rings. The minimum Gasteiger partial charge on any atom is -0.351 e. The molecule has 0 aliphatic rings. The Hall–Kier alpha value is -1.46. The van der Waals surface area contributed by atoms with Gasteiger partial charge in [0.1, 0.15) is 0 Å². The predicted octanol–water partition coefficient (Wildman–Crippen LogP) is 6.86. The zero-order valence-electron chi connectivity index (χ0n) is 21.0. The lowest BCUT2D eigenvalue weighted by Gasteiger charge is -2.19. The summed E-state index contributed by atoms with van der Waals surface area (Å²) in [4.78, 5) is 30.3. The van der Waals surface area contributed by atoms with Crippen LogP contribution in [0.4, 0.5) is 0 Å². The van der Waals surface area contributed by atoms with E-state index in [-0.39, 0.29) is 12.5 Å². The summed E-state index contributed by atoms with van der Waals surface area (Å²) in [6.45, 7) is 2.02. The minimum atomic E-state index is -4.58. The average molecular weight is 496 g/mol. The highest BCUT2D eigenvalue weighted by atomic mass is 31.2. The first-order chi connectivity index (χ1) is 16.4. The van der Waals surface area contributed by atoms with E-state index < -0.39 is 13.9 Å². The van der Waals surface area contributed by atoms with Crippen LogP contribution in [-0.4, -0.2) is 28.3 Å². The summed E-state index contributed by atoms with van der Waals surface area (Å²) < 4.78 is 15.7. The van der Waals surface area contributed by atoms with Crippen LogP contribution in [0.25, 0.3) is 0 Å². The van der Waals surface area contributed by atoms with Gasteiger partial charge in [0.15, 0.2) is 0 Å². The predicted molar refractivity (Wildman–Crippen MR) is 140 cm³/mol. The number of rotatable bonds is 21. The van der Waals surface area contributed by atoms with Gasteiger partial charge in [-0.05, 0) is 44.1 Å².